The molecule has 2 fully saturated rings. The molecular weight excluding hydrogens is 400 g/mol. The van der Waals surface area contributed by atoms with Crippen molar-refractivity contribution in [2.24, 2.45) is 5.92 Å². The first-order chi connectivity index (χ1) is 15.7. The third kappa shape index (κ3) is 6.07. The Morgan fingerprint density at radius 2 is 1.66 bits per heavy atom. The summed E-state index contributed by atoms with van der Waals surface area (Å²) in [5, 5.41) is 0. The number of piperidine rings is 1. The van der Waals surface area contributed by atoms with Crippen LogP contribution in [0, 0.1) is 5.92 Å². The van der Waals surface area contributed by atoms with Crippen molar-refractivity contribution >= 4 is 17.9 Å². The molecule has 1 atom stereocenters. The summed E-state index contributed by atoms with van der Waals surface area (Å²) in [5.74, 6) is 0.166. The monoisotopic (exact) mass is 432 g/mol. The van der Waals surface area contributed by atoms with Crippen LogP contribution in [0.25, 0.3) is 6.08 Å². The van der Waals surface area contributed by atoms with E-state index in [0.717, 1.165) is 30.6 Å². The smallest absolute Gasteiger partial charge is 0.246 e. The van der Waals surface area contributed by atoms with Gasteiger partial charge in [0.05, 0.1) is 6.10 Å². The Bertz CT molecular complexity index is 899. The summed E-state index contributed by atoms with van der Waals surface area (Å²) in [6, 6.07) is 20.0. The molecule has 2 saturated heterocycles. The van der Waals surface area contributed by atoms with E-state index in [1.165, 1.54) is 0 Å². The molecule has 2 aromatic rings. The van der Waals surface area contributed by atoms with E-state index in [1.54, 1.807) is 6.08 Å². The molecular formula is C27H32N2O3. The highest BCUT2D eigenvalue weighted by atomic mass is 16.5. The van der Waals surface area contributed by atoms with Crippen LogP contribution in [0.5, 0.6) is 0 Å². The molecule has 168 valence electrons. The van der Waals surface area contributed by atoms with Gasteiger partial charge in [-0.25, -0.2) is 0 Å². The van der Waals surface area contributed by atoms with Crippen molar-refractivity contribution in [2.75, 3.05) is 26.2 Å². The Labute approximate surface area is 190 Å². The summed E-state index contributed by atoms with van der Waals surface area (Å²) in [4.78, 5) is 29.8. The molecule has 5 heteroatoms. The molecule has 0 spiro atoms. The number of amides is 2. The SMILES string of the molecule is O=C(C=Cc1ccccc1)N1CCC(C(=O)N(Cc2ccccc2)CC2CCCO2)CC1. The zero-order valence-electron chi connectivity index (χ0n) is 18.6. The second kappa shape index (κ2) is 11.1. The van der Waals surface area contributed by atoms with Crippen LogP contribution in [0.3, 0.4) is 0 Å². The third-order valence-corrected chi connectivity index (χ3v) is 6.35. The van der Waals surface area contributed by atoms with Crippen molar-refractivity contribution in [1.29, 1.82) is 0 Å². The normalized spacial score (nSPS) is 19.4. The van der Waals surface area contributed by atoms with E-state index in [9.17, 15) is 9.59 Å². The maximum absolute atomic E-state index is 13.4. The van der Waals surface area contributed by atoms with Crippen LogP contribution in [-0.4, -0.2) is 54.0 Å². The Morgan fingerprint density at radius 1 is 0.969 bits per heavy atom. The van der Waals surface area contributed by atoms with E-state index in [2.05, 4.69) is 12.1 Å². The van der Waals surface area contributed by atoms with Crippen molar-refractivity contribution in [3.63, 3.8) is 0 Å². The molecule has 2 aliphatic rings. The Morgan fingerprint density at radius 3 is 2.31 bits per heavy atom. The average molecular weight is 433 g/mol. The van der Waals surface area contributed by atoms with Gasteiger partial charge in [-0.05, 0) is 42.9 Å². The molecule has 0 aromatic heterocycles. The van der Waals surface area contributed by atoms with Gasteiger partial charge in [0.1, 0.15) is 0 Å². The quantitative estimate of drug-likeness (QED) is 0.618. The molecule has 2 heterocycles. The van der Waals surface area contributed by atoms with Gasteiger partial charge in [0.15, 0.2) is 0 Å². The maximum atomic E-state index is 13.4. The van der Waals surface area contributed by atoms with Gasteiger partial charge in [-0.15, -0.1) is 0 Å². The molecule has 0 saturated carbocycles. The first kappa shape index (κ1) is 22.3. The molecule has 0 N–H and O–H groups in total. The van der Waals surface area contributed by atoms with Crippen LogP contribution < -0.4 is 0 Å². The van der Waals surface area contributed by atoms with Gasteiger partial charge in [-0.2, -0.15) is 0 Å². The van der Waals surface area contributed by atoms with Crippen LogP contribution in [0.2, 0.25) is 0 Å². The fourth-order valence-corrected chi connectivity index (χ4v) is 4.51. The van der Waals surface area contributed by atoms with Gasteiger partial charge in [0.25, 0.3) is 0 Å². The average Bonchev–Trinajstić information content (AvgIpc) is 3.36. The minimum Gasteiger partial charge on any atom is -0.376 e. The number of ether oxygens (including phenoxy) is 1. The van der Waals surface area contributed by atoms with Crippen molar-refractivity contribution in [3.8, 4) is 0 Å². The fourth-order valence-electron chi connectivity index (χ4n) is 4.51. The number of hydrogen-bond acceptors (Lipinski definition) is 3. The summed E-state index contributed by atoms with van der Waals surface area (Å²) < 4.78 is 5.82. The molecule has 0 radical (unpaired) electrons. The van der Waals surface area contributed by atoms with E-state index < -0.39 is 0 Å². The predicted molar refractivity (Wildman–Crippen MR) is 126 cm³/mol. The molecule has 32 heavy (non-hydrogen) atoms. The lowest BCUT2D eigenvalue weighted by molar-refractivity contribution is -0.141. The van der Waals surface area contributed by atoms with E-state index in [1.807, 2.05) is 64.4 Å². The largest absolute Gasteiger partial charge is 0.376 e. The topological polar surface area (TPSA) is 49.9 Å². The van der Waals surface area contributed by atoms with Gasteiger partial charge in [-0.3, -0.25) is 9.59 Å². The van der Waals surface area contributed by atoms with Gasteiger partial charge < -0.3 is 14.5 Å². The van der Waals surface area contributed by atoms with Crippen LogP contribution in [0.15, 0.2) is 66.7 Å². The molecule has 2 aromatic carbocycles. The van der Waals surface area contributed by atoms with Gasteiger partial charge in [-0.1, -0.05) is 60.7 Å². The number of rotatable bonds is 7. The van der Waals surface area contributed by atoms with E-state index in [4.69, 9.17) is 4.74 Å². The van der Waals surface area contributed by atoms with E-state index in [0.29, 0.717) is 39.0 Å². The molecule has 0 aliphatic carbocycles. The first-order valence-corrected chi connectivity index (χ1v) is 11.7. The van der Waals surface area contributed by atoms with Crippen LogP contribution >= 0.6 is 0 Å². The minimum absolute atomic E-state index is 0.0141. The van der Waals surface area contributed by atoms with Crippen molar-refractivity contribution in [1.82, 2.24) is 9.80 Å². The lowest BCUT2D eigenvalue weighted by atomic mass is 9.94. The molecule has 4 rings (SSSR count). The second-order valence-corrected chi connectivity index (χ2v) is 8.68. The van der Waals surface area contributed by atoms with E-state index >= 15 is 0 Å². The predicted octanol–water partition coefficient (Wildman–Crippen LogP) is 4.15. The molecule has 1 unspecified atom stereocenters. The van der Waals surface area contributed by atoms with Crippen LogP contribution in [0.4, 0.5) is 0 Å². The highest BCUT2D eigenvalue weighted by Gasteiger charge is 2.31. The molecule has 2 amide bonds. The maximum Gasteiger partial charge on any atom is 0.246 e. The molecule has 0 bridgehead atoms. The zero-order valence-corrected chi connectivity index (χ0v) is 18.6. The summed E-state index contributed by atoms with van der Waals surface area (Å²) >= 11 is 0. The highest BCUT2D eigenvalue weighted by Crippen LogP contribution is 2.23. The number of carbonyl (C=O) groups is 2. The lowest BCUT2D eigenvalue weighted by Gasteiger charge is -2.34. The summed E-state index contributed by atoms with van der Waals surface area (Å²) in [5.41, 5.74) is 2.15. The van der Waals surface area contributed by atoms with Crippen molar-refractivity contribution in [2.45, 2.75) is 38.3 Å². The fraction of sp³-hybridized carbons (Fsp3) is 0.407. The molecule has 2 aliphatic heterocycles. The summed E-state index contributed by atoms with van der Waals surface area (Å²) in [7, 11) is 0. The number of carbonyl (C=O) groups excluding carboxylic acids is 2. The summed E-state index contributed by atoms with van der Waals surface area (Å²) in [6.45, 7) is 3.28. The number of likely N-dealkylation sites (tertiary alicyclic amines) is 1. The Balaban J connectivity index is 1.34. The van der Waals surface area contributed by atoms with Gasteiger partial charge >= 0.3 is 0 Å². The Hall–Kier alpha value is -2.92. The molecule has 5 nitrogen and oxygen atoms in total. The minimum atomic E-state index is -0.0396. The van der Waals surface area contributed by atoms with Crippen LogP contribution in [0.1, 0.15) is 36.8 Å². The summed E-state index contributed by atoms with van der Waals surface area (Å²) in [6.07, 6.45) is 7.11. The van der Waals surface area contributed by atoms with Crippen LogP contribution in [-0.2, 0) is 20.9 Å². The lowest BCUT2D eigenvalue weighted by Crippen LogP contribution is -2.45. The number of hydrogen-bond donors (Lipinski definition) is 0. The second-order valence-electron chi connectivity index (χ2n) is 8.68. The zero-order chi connectivity index (χ0) is 22.2. The van der Waals surface area contributed by atoms with Crippen molar-refractivity contribution < 1.29 is 14.3 Å². The van der Waals surface area contributed by atoms with E-state index in [-0.39, 0.29) is 23.8 Å². The van der Waals surface area contributed by atoms with Gasteiger partial charge in [0, 0.05) is 44.8 Å². The van der Waals surface area contributed by atoms with Crippen molar-refractivity contribution in [3.05, 3.63) is 77.9 Å². The number of nitrogens with zero attached hydrogens (tertiary/aromatic N) is 2. The third-order valence-electron chi connectivity index (χ3n) is 6.35. The first-order valence-electron chi connectivity index (χ1n) is 11.7. The van der Waals surface area contributed by atoms with Gasteiger partial charge in [0.2, 0.25) is 11.8 Å². The highest BCUT2D eigenvalue weighted by molar-refractivity contribution is 5.92. The number of benzene rings is 2. The Kier molecular flexibility index (Phi) is 7.73. The standard InChI is InChI=1S/C27H32N2O3/c30-26(14-13-22-8-3-1-4-9-22)28-17-15-24(16-18-28)27(31)29(21-25-12-7-19-32-25)20-23-10-5-2-6-11-23/h1-6,8-11,13-14,24-25H,7,12,15-21H2.